The zero-order valence-corrected chi connectivity index (χ0v) is 10.7. The van der Waals surface area contributed by atoms with Crippen LogP contribution in [-0.4, -0.2) is 12.1 Å². The Labute approximate surface area is 89.7 Å². The summed E-state index contributed by atoms with van der Waals surface area (Å²) in [5.41, 5.74) is 0.346. The predicted molar refractivity (Wildman–Crippen MR) is 63.4 cm³/mol. The van der Waals surface area contributed by atoms with Gasteiger partial charge in [0.25, 0.3) is 0 Å². The van der Waals surface area contributed by atoms with Gasteiger partial charge in [0.15, 0.2) is 0 Å². The fourth-order valence-electron chi connectivity index (χ4n) is 3.41. The first kappa shape index (κ1) is 12.0. The first-order chi connectivity index (χ1) is 6.36. The summed E-state index contributed by atoms with van der Waals surface area (Å²) < 4.78 is 0. The van der Waals surface area contributed by atoms with Crippen molar-refractivity contribution >= 4 is 0 Å². The highest BCUT2D eigenvalue weighted by Gasteiger charge is 2.41. The van der Waals surface area contributed by atoms with Crippen molar-refractivity contribution in [2.75, 3.05) is 6.54 Å². The second-order valence-corrected chi connectivity index (χ2v) is 6.11. The first-order valence-electron chi connectivity index (χ1n) is 6.11. The van der Waals surface area contributed by atoms with Gasteiger partial charge in [-0.2, -0.15) is 0 Å². The molecule has 0 spiro atoms. The van der Waals surface area contributed by atoms with E-state index in [1.54, 1.807) is 0 Å². The Balaban J connectivity index is 2.78. The molecule has 1 aliphatic rings. The van der Waals surface area contributed by atoms with Crippen LogP contribution in [0.4, 0.5) is 0 Å². The van der Waals surface area contributed by atoms with Gasteiger partial charge in [-0.25, -0.2) is 0 Å². The van der Waals surface area contributed by atoms with E-state index in [9.17, 15) is 0 Å². The normalized spacial score (nSPS) is 26.8. The minimum absolute atomic E-state index is 0.346. The lowest BCUT2D eigenvalue weighted by Gasteiger charge is -2.38. The maximum Gasteiger partial charge on any atom is 0.0156 e. The fraction of sp³-hybridized carbons (Fsp3) is 1.00. The molecule has 0 aromatic carbocycles. The molecule has 1 heteroatoms. The molecule has 0 radical (unpaired) electrons. The number of rotatable bonds is 3. The number of nitrogens with one attached hydrogen (secondary N) is 1. The van der Waals surface area contributed by atoms with Crippen molar-refractivity contribution in [3.8, 4) is 0 Å². The van der Waals surface area contributed by atoms with Crippen LogP contribution in [-0.2, 0) is 0 Å². The Bertz CT molecular complexity index is 174. The maximum absolute atomic E-state index is 3.64. The molecule has 1 atom stereocenters. The third kappa shape index (κ3) is 2.31. The van der Waals surface area contributed by atoms with E-state index in [1.165, 1.54) is 13.0 Å². The van der Waals surface area contributed by atoms with Crippen LogP contribution >= 0.6 is 0 Å². The molecule has 0 amide bonds. The minimum atomic E-state index is 0.346. The van der Waals surface area contributed by atoms with Crippen LogP contribution in [0.15, 0.2) is 0 Å². The van der Waals surface area contributed by atoms with E-state index in [4.69, 9.17) is 0 Å². The molecule has 1 aliphatic heterocycles. The predicted octanol–water partition coefficient (Wildman–Crippen LogP) is 3.30. The Morgan fingerprint density at radius 3 is 1.86 bits per heavy atom. The van der Waals surface area contributed by atoms with Crippen LogP contribution in [0.5, 0.6) is 0 Å². The van der Waals surface area contributed by atoms with Crippen molar-refractivity contribution in [3.63, 3.8) is 0 Å². The van der Waals surface area contributed by atoms with E-state index in [0.29, 0.717) is 5.54 Å². The molecule has 1 N–H and O–H groups in total. The number of hydrogen-bond acceptors (Lipinski definition) is 1. The van der Waals surface area contributed by atoms with Crippen LogP contribution in [0.2, 0.25) is 0 Å². The molecule has 1 heterocycles. The van der Waals surface area contributed by atoms with E-state index < -0.39 is 0 Å². The van der Waals surface area contributed by atoms with Gasteiger partial charge in [-0.1, -0.05) is 27.7 Å². The fourth-order valence-corrected chi connectivity index (χ4v) is 3.41. The van der Waals surface area contributed by atoms with Crippen LogP contribution in [0, 0.1) is 23.7 Å². The smallest absolute Gasteiger partial charge is 0.0156 e. The molecule has 0 aliphatic carbocycles. The Hall–Kier alpha value is -0.0400. The second-order valence-electron chi connectivity index (χ2n) is 6.11. The highest BCUT2D eigenvalue weighted by Crippen LogP contribution is 2.40. The van der Waals surface area contributed by atoms with E-state index >= 15 is 0 Å². The monoisotopic (exact) mass is 197 g/mol. The quantitative estimate of drug-likeness (QED) is 0.732. The number of hydrogen-bond donors (Lipinski definition) is 1. The summed E-state index contributed by atoms with van der Waals surface area (Å²) in [5, 5.41) is 3.64. The molecular weight excluding hydrogens is 170 g/mol. The van der Waals surface area contributed by atoms with Crippen LogP contribution in [0.1, 0.15) is 48.0 Å². The molecule has 0 aromatic heterocycles. The van der Waals surface area contributed by atoms with Gasteiger partial charge in [-0.3, -0.25) is 0 Å². The van der Waals surface area contributed by atoms with Crippen LogP contribution < -0.4 is 5.32 Å². The van der Waals surface area contributed by atoms with Crippen molar-refractivity contribution in [3.05, 3.63) is 0 Å². The van der Waals surface area contributed by atoms with E-state index in [0.717, 1.165) is 23.7 Å². The summed E-state index contributed by atoms with van der Waals surface area (Å²) >= 11 is 0. The highest BCUT2D eigenvalue weighted by atomic mass is 15.0. The summed E-state index contributed by atoms with van der Waals surface area (Å²) in [4.78, 5) is 0. The third-order valence-electron chi connectivity index (χ3n) is 3.97. The molecular formula is C13H27N. The molecule has 0 aromatic rings. The molecule has 1 saturated heterocycles. The zero-order valence-electron chi connectivity index (χ0n) is 10.7. The van der Waals surface area contributed by atoms with Gasteiger partial charge in [0.1, 0.15) is 0 Å². The average Bonchev–Trinajstić information content (AvgIpc) is 2.29. The standard InChI is InChI=1S/C13H27N/c1-9(2)12(10(3)4)11-7-8-14-13(11,5)6/h9-12,14H,7-8H2,1-6H3. The zero-order chi connectivity index (χ0) is 10.9. The molecule has 1 fully saturated rings. The topological polar surface area (TPSA) is 12.0 Å². The lowest BCUT2D eigenvalue weighted by atomic mass is 9.69. The largest absolute Gasteiger partial charge is 0.311 e. The lowest BCUT2D eigenvalue weighted by molar-refractivity contribution is 0.136. The van der Waals surface area contributed by atoms with Crippen molar-refractivity contribution in [1.82, 2.24) is 5.32 Å². The molecule has 14 heavy (non-hydrogen) atoms. The van der Waals surface area contributed by atoms with Crippen molar-refractivity contribution in [2.45, 2.75) is 53.5 Å². The van der Waals surface area contributed by atoms with Gasteiger partial charge in [0.05, 0.1) is 0 Å². The van der Waals surface area contributed by atoms with Gasteiger partial charge in [-0.05, 0) is 50.5 Å². The van der Waals surface area contributed by atoms with Gasteiger partial charge in [0.2, 0.25) is 0 Å². The molecule has 1 unspecified atom stereocenters. The average molecular weight is 197 g/mol. The minimum Gasteiger partial charge on any atom is -0.311 e. The summed E-state index contributed by atoms with van der Waals surface area (Å²) in [6, 6.07) is 0. The molecule has 0 bridgehead atoms. The van der Waals surface area contributed by atoms with Crippen LogP contribution in [0.25, 0.3) is 0 Å². The van der Waals surface area contributed by atoms with E-state index in [-0.39, 0.29) is 0 Å². The first-order valence-corrected chi connectivity index (χ1v) is 6.11. The SMILES string of the molecule is CC(C)C(C(C)C)C1CCNC1(C)C. The van der Waals surface area contributed by atoms with E-state index in [1.807, 2.05) is 0 Å². The molecule has 1 nitrogen and oxygen atoms in total. The summed E-state index contributed by atoms with van der Waals surface area (Å²) in [7, 11) is 0. The van der Waals surface area contributed by atoms with Crippen molar-refractivity contribution in [2.24, 2.45) is 23.7 Å². The second kappa shape index (κ2) is 4.22. The Morgan fingerprint density at radius 2 is 1.57 bits per heavy atom. The van der Waals surface area contributed by atoms with Gasteiger partial charge in [-0.15, -0.1) is 0 Å². The Kier molecular flexibility index (Phi) is 3.63. The summed E-state index contributed by atoms with van der Waals surface area (Å²) in [5.74, 6) is 3.32. The van der Waals surface area contributed by atoms with Gasteiger partial charge in [0, 0.05) is 5.54 Å². The van der Waals surface area contributed by atoms with Crippen molar-refractivity contribution in [1.29, 1.82) is 0 Å². The van der Waals surface area contributed by atoms with Gasteiger partial charge >= 0.3 is 0 Å². The molecule has 84 valence electrons. The van der Waals surface area contributed by atoms with Gasteiger partial charge < -0.3 is 5.32 Å². The summed E-state index contributed by atoms with van der Waals surface area (Å²) in [6.07, 6.45) is 1.36. The Morgan fingerprint density at radius 1 is 1.07 bits per heavy atom. The molecule has 1 rings (SSSR count). The lowest BCUT2D eigenvalue weighted by Crippen LogP contribution is -2.43. The van der Waals surface area contributed by atoms with Crippen molar-refractivity contribution < 1.29 is 0 Å². The van der Waals surface area contributed by atoms with Crippen LogP contribution in [0.3, 0.4) is 0 Å². The summed E-state index contributed by atoms with van der Waals surface area (Å²) in [6.45, 7) is 15.4. The van der Waals surface area contributed by atoms with E-state index in [2.05, 4.69) is 46.9 Å². The maximum atomic E-state index is 3.64. The highest BCUT2D eigenvalue weighted by molar-refractivity contribution is 4.96. The third-order valence-corrected chi connectivity index (χ3v) is 3.97. The molecule has 0 saturated carbocycles.